The summed E-state index contributed by atoms with van der Waals surface area (Å²) in [7, 11) is 0. The van der Waals surface area contributed by atoms with Crippen molar-refractivity contribution in [3.63, 3.8) is 0 Å². The van der Waals surface area contributed by atoms with Crippen LogP contribution in [0.2, 0.25) is 10.0 Å². The minimum atomic E-state index is 0.312. The van der Waals surface area contributed by atoms with Gasteiger partial charge in [-0.1, -0.05) is 61.1 Å². The predicted octanol–water partition coefficient (Wildman–Crippen LogP) is 5.91. The quantitative estimate of drug-likeness (QED) is 0.717. The largest absolute Gasteiger partial charge is 0.380 e. The van der Waals surface area contributed by atoms with Crippen LogP contribution in [0, 0.1) is 0 Å². The van der Waals surface area contributed by atoms with E-state index in [1.807, 2.05) is 6.07 Å². The number of anilines is 1. The Kier molecular flexibility index (Phi) is 5.54. The van der Waals surface area contributed by atoms with E-state index in [1.165, 1.54) is 0 Å². The van der Waals surface area contributed by atoms with Crippen LogP contribution >= 0.6 is 23.2 Å². The van der Waals surface area contributed by atoms with Crippen LogP contribution in [-0.2, 0) is 0 Å². The van der Waals surface area contributed by atoms with Gasteiger partial charge in [-0.3, -0.25) is 0 Å². The number of hydrogen-bond acceptors (Lipinski definition) is 3. The maximum Gasteiger partial charge on any atom is 0.175 e. The van der Waals surface area contributed by atoms with Crippen molar-refractivity contribution >= 4 is 29.0 Å². The van der Waals surface area contributed by atoms with Crippen LogP contribution in [-0.4, -0.2) is 5.16 Å². The summed E-state index contributed by atoms with van der Waals surface area (Å²) >= 11 is 12.3. The zero-order chi connectivity index (χ0) is 15.4. The summed E-state index contributed by atoms with van der Waals surface area (Å²) < 4.78 is 5.54. The van der Waals surface area contributed by atoms with Crippen molar-refractivity contribution in [2.75, 3.05) is 5.73 Å². The van der Waals surface area contributed by atoms with Gasteiger partial charge < -0.3 is 10.3 Å². The normalized spacial score (nSPS) is 11.3. The number of nitrogen functional groups attached to an aromatic ring is 1. The molecule has 0 spiro atoms. The van der Waals surface area contributed by atoms with Crippen molar-refractivity contribution in [3.8, 4) is 11.1 Å². The SMILES string of the molecule is CCCC(CCC)c1onc(N)c1-c1ccc(Cl)cc1Cl. The van der Waals surface area contributed by atoms with E-state index in [0.717, 1.165) is 42.6 Å². The number of aromatic nitrogens is 1. The van der Waals surface area contributed by atoms with Gasteiger partial charge in [-0.2, -0.15) is 0 Å². The first-order chi connectivity index (χ1) is 10.1. The molecule has 2 rings (SSSR count). The summed E-state index contributed by atoms with van der Waals surface area (Å²) in [4.78, 5) is 0. The molecule has 0 radical (unpaired) electrons. The van der Waals surface area contributed by atoms with Gasteiger partial charge in [0.15, 0.2) is 5.82 Å². The maximum atomic E-state index is 6.31. The van der Waals surface area contributed by atoms with Crippen LogP contribution in [0.3, 0.4) is 0 Å². The summed E-state index contributed by atoms with van der Waals surface area (Å²) in [6.45, 7) is 4.33. The van der Waals surface area contributed by atoms with Crippen LogP contribution in [0.25, 0.3) is 11.1 Å². The summed E-state index contributed by atoms with van der Waals surface area (Å²) in [6.07, 6.45) is 4.25. The van der Waals surface area contributed by atoms with Crippen LogP contribution in [0.15, 0.2) is 22.7 Å². The molecule has 2 aromatic rings. The number of nitrogens with two attached hydrogens (primary N) is 1. The molecule has 0 aliphatic heterocycles. The van der Waals surface area contributed by atoms with Gasteiger partial charge in [0, 0.05) is 16.5 Å². The van der Waals surface area contributed by atoms with Crippen molar-refractivity contribution in [1.29, 1.82) is 0 Å². The highest BCUT2D eigenvalue weighted by Gasteiger charge is 2.24. The Morgan fingerprint density at radius 3 is 2.43 bits per heavy atom. The standard InChI is InChI=1S/C16H20Cl2N2O/c1-3-5-10(6-4-2)15-14(16(19)20-21-15)12-8-7-11(17)9-13(12)18/h7-10H,3-6H2,1-2H3,(H2,19,20). The Bertz CT molecular complexity index is 604. The second kappa shape index (κ2) is 7.19. The van der Waals surface area contributed by atoms with Crippen LogP contribution in [0.1, 0.15) is 51.2 Å². The summed E-state index contributed by atoms with van der Waals surface area (Å²) in [5.74, 6) is 1.53. The maximum absolute atomic E-state index is 6.31. The average Bonchev–Trinajstić information content (AvgIpc) is 2.80. The van der Waals surface area contributed by atoms with Crippen molar-refractivity contribution in [3.05, 3.63) is 34.0 Å². The van der Waals surface area contributed by atoms with E-state index in [1.54, 1.807) is 12.1 Å². The van der Waals surface area contributed by atoms with Crippen molar-refractivity contribution in [1.82, 2.24) is 5.16 Å². The molecule has 0 atom stereocenters. The van der Waals surface area contributed by atoms with E-state index in [9.17, 15) is 0 Å². The van der Waals surface area contributed by atoms with Crippen LogP contribution < -0.4 is 5.73 Å². The monoisotopic (exact) mass is 326 g/mol. The van der Waals surface area contributed by atoms with Gasteiger partial charge in [0.05, 0.1) is 10.6 Å². The number of benzene rings is 1. The first-order valence-corrected chi connectivity index (χ1v) is 8.04. The van der Waals surface area contributed by atoms with Crippen LogP contribution in [0.5, 0.6) is 0 Å². The first kappa shape index (κ1) is 16.2. The van der Waals surface area contributed by atoms with Gasteiger partial charge in [0.25, 0.3) is 0 Å². The molecule has 0 aliphatic rings. The van der Waals surface area contributed by atoms with Crippen molar-refractivity contribution < 1.29 is 4.52 Å². The molecule has 2 N–H and O–H groups in total. The molecule has 0 saturated heterocycles. The third-order valence-electron chi connectivity index (χ3n) is 3.59. The Morgan fingerprint density at radius 2 is 1.86 bits per heavy atom. The number of rotatable bonds is 6. The van der Waals surface area contributed by atoms with E-state index in [2.05, 4.69) is 19.0 Å². The molecular formula is C16H20Cl2N2O. The fraction of sp³-hybridized carbons (Fsp3) is 0.438. The van der Waals surface area contributed by atoms with E-state index >= 15 is 0 Å². The van der Waals surface area contributed by atoms with E-state index in [-0.39, 0.29) is 0 Å². The van der Waals surface area contributed by atoms with Crippen molar-refractivity contribution in [2.24, 2.45) is 0 Å². The highest BCUT2D eigenvalue weighted by Crippen LogP contribution is 2.41. The Hall–Kier alpha value is -1.19. The third kappa shape index (κ3) is 3.53. The van der Waals surface area contributed by atoms with Gasteiger partial charge >= 0.3 is 0 Å². The number of hydrogen-bond donors (Lipinski definition) is 1. The lowest BCUT2D eigenvalue weighted by Crippen LogP contribution is -2.00. The lowest BCUT2D eigenvalue weighted by atomic mass is 9.91. The zero-order valence-electron chi connectivity index (χ0n) is 12.3. The second-order valence-electron chi connectivity index (χ2n) is 5.21. The fourth-order valence-electron chi connectivity index (χ4n) is 2.66. The molecule has 0 unspecified atom stereocenters. The first-order valence-electron chi connectivity index (χ1n) is 7.28. The lowest BCUT2D eigenvalue weighted by molar-refractivity contribution is 0.346. The molecule has 1 aromatic carbocycles. The molecule has 3 nitrogen and oxygen atoms in total. The second-order valence-corrected chi connectivity index (χ2v) is 6.05. The molecule has 1 heterocycles. The fourth-order valence-corrected chi connectivity index (χ4v) is 3.16. The summed E-state index contributed by atoms with van der Waals surface area (Å²) in [5.41, 5.74) is 7.65. The number of nitrogens with zero attached hydrogens (tertiary/aromatic N) is 1. The molecular weight excluding hydrogens is 307 g/mol. The summed E-state index contributed by atoms with van der Waals surface area (Å²) in [6, 6.07) is 5.38. The zero-order valence-corrected chi connectivity index (χ0v) is 13.8. The molecule has 0 fully saturated rings. The lowest BCUT2D eigenvalue weighted by Gasteiger charge is -2.14. The summed E-state index contributed by atoms with van der Waals surface area (Å²) in [5, 5.41) is 5.11. The Balaban J connectivity index is 2.50. The molecule has 1 aromatic heterocycles. The predicted molar refractivity (Wildman–Crippen MR) is 88.9 cm³/mol. The van der Waals surface area contributed by atoms with E-state index < -0.39 is 0 Å². The van der Waals surface area contributed by atoms with Crippen molar-refractivity contribution in [2.45, 2.75) is 45.4 Å². The molecule has 5 heteroatoms. The minimum absolute atomic E-state index is 0.312. The van der Waals surface area contributed by atoms with E-state index in [0.29, 0.717) is 21.8 Å². The molecule has 0 amide bonds. The van der Waals surface area contributed by atoms with E-state index in [4.69, 9.17) is 33.5 Å². The molecule has 0 aliphatic carbocycles. The molecule has 21 heavy (non-hydrogen) atoms. The molecule has 0 bridgehead atoms. The Labute approximate surface area is 135 Å². The van der Waals surface area contributed by atoms with Gasteiger partial charge in [-0.15, -0.1) is 0 Å². The van der Waals surface area contributed by atoms with Gasteiger partial charge in [-0.05, 0) is 25.0 Å². The van der Waals surface area contributed by atoms with Gasteiger partial charge in [-0.25, -0.2) is 0 Å². The topological polar surface area (TPSA) is 52.0 Å². The average molecular weight is 327 g/mol. The Morgan fingerprint density at radius 1 is 1.19 bits per heavy atom. The highest BCUT2D eigenvalue weighted by molar-refractivity contribution is 6.36. The van der Waals surface area contributed by atoms with Gasteiger partial charge in [0.1, 0.15) is 5.76 Å². The smallest absolute Gasteiger partial charge is 0.175 e. The van der Waals surface area contributed by atoms with Crippen LogP contribution in [0.4, 0.5) is 5.82 Å². The third-order valence-corrected chi connectivity index (χ3v) is 4.14. The molecule has 114 valence electrons. The highest BCUT2D eigenvalue weighted by atomic mass is 35.5. The molecule has 0 saturated carbocycles. The number of halogens is 2. The van der Waals surface area contributed by atoms with Gasteiger partial charge in [0.2, 0.25) is 0 Å². The minimum Gasteiger partial charge on any atom is -0.380 e.